The van der Waals surface area contributed by atoms with Gasteiger partial charge in [0.05, 0.1) is 30.5 Å². The van der Waals surface area contributed by atoms with Gasteiger partial charge in [0, 0.05) is 52.0 Å². The van der Waals surface area contributed by atoms with Crippen LogP contribution in [0.5, 0.6) is 0 Å². The molecule has 3 aliphatic heterocycles. The van der Waals surface area contributed by atoms with Gasteiger partial charge < -0.3 is 43.2 Å². The second-order valence-electron chi connectivity index (χ2n) is 21.7. The second kappa shape index (κ2) is 25.0. The number of amides is 1. The standard InChI is InChI=1S/C53H89NO12Si/c1-16-19-40-25-34(8)24-35(9)26-46(62-14)49-47(63-15)28-37(11)53(60,65-49)50(57)51(58)54-23-18-17-20-41(54)52(59)64-48(36(10)27-39-21-22-42(55)45(29-39)61-13)38(12)44(30-43(40)56)66-67(31(2)3,32(4)5)33(6)7/h16,25,27,31-33,35,37-42,44-49,55,60H,1,17-24,26,28-30H2,2-15H3/b34-25+,36-27?. The summed E-state index contributed by atoms with van der Waals surface area (Å²) in [5.74, 6) is -7.14. The summed E-state index contributed by atoms with van der Waals surface area (Å²) in [6.07, 6.45) is 6.47. The predicted molar refractivity (Wildman–Crippen MR) is 263 cm³/mol. The molecule has 1 amide bonds. The minimum absolute atomic E-state index is 0.00834. The number of carbonyl (C=O) groups is 4. The molecule has 0 aromatic heterocycles. The number of piperidine rings is 1. The zero-order valence-electron chi connectivity index (χ0n) is 43.6. The SMILES string of the molecule is C=CCC1/C=C(\C)CC(C)CC(OC)C2OC(O)(C(=O)C(=O)N3CCCCC3C(=O)OC(C(C)=CC3CCC(O)C(OC)C3)C(C)C(O[Si](C(C)C)(C(C)C)C(C)C)CC1=O)C(C)CC2OC. The van der Waals surface area contributed by atoms with Crippen molar-refractivity contribution < 1.29 is 57.5 Å². The monoisotopic (exact) mass is 960 g/mol. The molecule has 1 aliphatic carbocycles. The van der Waals surface area contributed by atoms with E-state index in [9.17, 15) is 29.4 Å². The summed E-state index contributed by atoms with van der Waals surface area (Å²) >= 11 is 0. The Morgan fingerprint density at radius 1 is 0.881 bits per heavy atom. The highest BCUT2D eigenvalue weighted by Gasteiger charge is 2.57. The Labute approximate surface area is 404 Å². The van der Waals surface area contributed by atoms with Gasteiger partial charge in [0.2, 0.25) is 14.1 Å². The molecule has 0 radical (unpaired) electrons. The molecule has 14 heteroatoms. The van der Waals surface area contributed by atoms with Crippen molar-refractivity contribution in [2.45, 2.75) is 218 Å². The lowest BCUT2D eigenvalue weighted by Gasteiger charge is -2.47. The fourth-order valence-electron chi connectivity index (χ4n) is 12.2. The number of cyclic esters (lactones) is 1. The first-order valence-electron chi connectivity index (χ1n) is 25.4. The van der Waals surface area contributed by atoms with E-state index in [4.69, 9.17) is 28.1 Å². The highest BCUT2D eigenvalue weighted by Crippen LogP contribution is 2.46. The van der Waals surface area contributed by atoms with Crippen LogP contribution < -0.4 is 0 Å². The number of fused-ring (bicyclic) bond motifs is 3. The molecule has 4 aliphatic rings. The normalized spacial score (nSPS) is 37.2. The maximum Gasteiger partial charge on any atom is 0.329 e. The highest BCUT2D eigenvalue weighted by molar-refractivity contribution is 6.77. The minimum Gasteiger partial charge on any atom is -0.456 e. The number of ether oxygens (including phenoxy) is 5. The van der Waals surface area contributed by atoms with Crippen molar-refractivity contribution in [3.05, 3.63) is 36.0 Å². The number of carbonyl (C=O) groups excluding carboxylic acids is 4. The van der Waals surface area contributed by atoms with Gasteiger partial charge in [-0.2, -0.15) is 0 Å². The first-order valence-corrected chi connectivity index (χ1v) is 27.5. The smallest absolute Gasteiger partial charge is 0.329 e. The van der Waals surface area contributed by atoms with Gasteiger partial charge >= 0.3 is 5.97 Å². The molecular formula is C53H89NO12Si. The Hall–Kier alpha value is -2.56. The number of Topliss-reactive ketones (excluding diaryl/α,β-unsaturated/α-hetero) is 2. The lowest BCUT2D eigenvalue weighted by atomic mass is 9.81. The van der Waals surface area contributed by atoms with Crippen molar-refractivity contribution in [2.24, 2.45) is 29.6 Å². The van der Waals surface area contributed by atoms with Crippen molar-refractivity contribution >= 4 is 31.8 Å². The van der Waals surface area contributed by atoms with Gasteiger partial charge in [-0.05, 0) is 112 Å². The maximum atomic E-state index is 15.0. The topological polar surface area (TPSA) is 167 Å². The highest BCUT2D eigenvalue weighted by atomic mass is 28.4. The number of aliphatic hydroxyl groups excluding tert-OH is 1. The van der Waals surface area contributed by atoms with Gasteiger partial charge in [0.15, 0.2) is 0 Å². The van der Waals surface area contributed by atoms with E-state index in [1.807, 2.05) is 26.8 Å². The number of ketones is 2. The molecule has 382 valence electrons. The van der Waals surface area contributed by atoms with Gasteiger partial charge in [-0.15, -0.1) is 6.58 Å². The predicted octanol–water partition coefficient (Wildman–Crippen LogP) is 8.84. The van der Waals surface area contributed by atoms with Gasteiger partial charge in [-0.25, -0.2) is 4.79 Å². The first-order chi connectivity index (χ1) is 31.5. The molecule has 0 aromatic carbocycles. The third-order valence-corrected chi connectivity index (χ3v) is 22.0. The largest absolute Gasteiger partial charge is 0.456 e. The van der Waals surface area contributed by atoms with Gasteiger partial charge in [0.25, 0.3) is 11.7 Å². The quantitative estimate of drug-likeness (QED) is 0.0827. The van der Waals surface area contributed by atoms with Crippen molar-refractivity contribution in [3.63, 3.8) is 0 Å². The Bertz CT molecular complexity index is 1720. The summed E-state index contributed by atoms with van der Waals surface area (Å²) in [7, 11) is 2.04. The molecule has 2 bridgehead atoms. The Morgan fingerprint density at radius 3 is 2.07 bits per heavy atom. The summed E-state index contributed by atoms with van der Waals surface area (Å²) in [5, 5.41) is 22.9. The van der Waals surface area contributed by atoms with Crippen LogP contribution in [-0.2, 0) is 47.3 Å². The number of hydrogen-bond donors (Lipinski definition) is 2. The zero-order valence-corrected chi connectivity index (χ0v) is 44.6. The number of nitrogens with zero attached hydrogens (tertiary/aromatic N) is 1. The molecule has 3 heterocycles. The van der Waals surface area contributed by atoms with Crippen molar-refractivity contribution in [2.75, 3.05) is 27.9 Å². The molecule has 2 N–H and O–H groups in total. The second-order valence-corrected chi connectivity index (χ2v) is 27.1. The fourth-order valence-corrected chi connectivity index (χ4v) is 17.9. The van der Waals surface area contributed by atoms with E-state index >= 15 is 0 Å². The van der Waals surface area contributed by atoms with Gasteiger partial charge in [-0.3, -0.25) is 14.4 Å². The molecule has 0 aromatic rings. The van der Waals surface area contributed by atoms with E-state index in [2.05, 4.69) is 61.1 Å². The molecule has 2 saturated heterocycles. The summed E-state index contributed by atoms with van der Waals surface area (Å²) < 4.78 is 38.3. The average Bonchev–Trinajstić information content (AvgIpc) is 3.28. The van der Waals surface area contributed by atoms with Gasteiger partial charge in [-0.1, -0.05) is 86.1 Å². The minimum atomic E-state index is -2.67. The molecule has 67 heavy (non-hydrogen) atoms. The molecule has 4 rings (SSSR count). The van der Waals surface area contributed by atoms with E-state index in [-0.39, 0.29) is 66.2 Å². The van der Waals surface area contributed by atoms with Crippen LogP contribution >= 0.6 is 0 Å². The maximum absolute atomic E-state index is 15.0. The summed E-state index contributed by atoms with van der Waals surface area (Å²) in [5.41, 5.74) is 2.37. The van der Waals surface area contributed by atoms with E-state index in [1.165, 1.54) is 4.90 Å². The van der Waals surface area contributed by atoms with Crippen LogP contribution in [0.1, 0.15) is 147 Å². The number of methoxy groups -OCH3 is 3. The van der Waals surface area contributed by atoms with Crippen molar-refractivity contribution in [1.82, 2.24) is 4.90 Å². The first kappa shape index (κ1) is 57.0. The van der Waals surface area contributed by atoms with E-state index < -0.39 is 92.2 Å². The van der Waals surface area contributed by atoms with Crippen LogP contribution in [0, 0.1) is 29.6 Å². The number of esters is 1. The van der Waals surface area contributed by atoms with Crippen LogP contribution in [0.4, 0.5) is 0 Å². The Morgan fingerprint density at radius 2 is 1.49 bits per heavy atom. The Kier molecular flexibility index (Phi) is 21.3. The number of allylic oxidation sites excluding steroid dienone is 4. The van der Waals surface area contributed by atoms with E-state index in [1.54, 1.807) is 34.3 Å². The molecule has 1 saturated carbocycles. The van der Waals surface area contributed by atoms with Crippen molar-refractivity contribution in [3.8, 4) is 0 Å². The summed E-state index contributed by atoms with van der Waals surface area (Å²) in [6, 6.07) is -1.12. The molecule has 0 spiro atoms. The molecule has 13 nitrogen and oxygen atoms in total. The van der Waals surface area contributed by atoms with Crippen molar-refractivity contribution in [1.29, 1.82) is 0 Å². The lowest BCUT2D eigenvalue weighted by molar-refractivity contribution is -0.302. The number of hydrogen-bond acceptors (Lipinski definition) is 12. The van der Waals surface area contributed by atoms with Crippen LogP contribution in [0.3, 0.4) is 0 Å². The molecule has 14 atom stereocenters. The fraction of sp³-hybridized carbons (Fsp3) is 0.811. The van der Waals surface area contributed by atoms with Crippen LogP contribution in [0.2, 0.25) is 16.6 Å². The summed E-state index contributed by atoms with van der Waals surface area (Å²) in [4.78, 5) is 60.3. The third kappa shape index (κ3) is 13.2. The summed E-state index contributed by atoms with van der Waals surface area (Å²) in [6.45, 7) is 27.1. The number of aliphatic hydroxyl groups is 2. The van der Waals surface area contributed by atoms with Crippen LogP contribution in [0.25, 0.3) is 0 Å². The molecule has 14 unspecified atom stereocenters. The van der Waals surface area contributed by atoms with Gasteiger partial charge in [0.1, 0.15) is 24.0 Å². The van der Waals surface area contributed by atoms with Crippen LogP contribution in [-0.4, -0.2) is 129 Å². The van der Waals surface area contributed by atoms with E-state index in [0.29, 0.717) is 51.4 Å². The average molecular weight is 960 g/mol. The molecular weight excluding hydrogens is 871 g/mol. The third-order valence-electron chi connectivity index (χ3n) is 15.9. The lowest BCUT2D eigenvalue weighted by Crippen LogP contribution is -2.64. The van der Waals surface area contributed by atoms with E-state index in [0.717, 1.165) is 11.1 Å². The molecule has 3 fully saturated rings. The van der Waals surface area contributed by atoms with Crippen LogP contribution in [0.15, 0.2) is 36.0 Å². The zero-order chi connectivity index (χ0) is 50.1. The number of rotatable bonds is 12. The Balaban J connectivity index is 1.95.